The average Bonchev–Trinajstić information content (AvgIpc) is 2.67. The van der Waals surface area contributed by atoms with Crippen LogP contribution >= 0.6 is 0 Å². The molecule has 1 saturated carbocycles. The Morgan fingerprint density at radius 1 is 1.39 bits per heavy atom. The predicted octanol–water partition coefficient (Wildman–Crippen LogP) is 1.53. The Kier molecular flexibility index (Phi) is 2.48. The molecule has 1 aliphatic carbocycles. The molecular formula is C14H15NO3. The van der Waals surface area contributed by atoms with Gasteiger partial charge >= 0.3 is 0 Å². The van der Waals surface area contributed by atoms with Crippen molar-refractivity contribution in [2.24, 2.45) is 5.41 Å². The van der Waals surface area contributed by atoms with E-state index in [1.165, 1.54) is 0 Å². The molecule has 4 nitrogen and oxygen atoms in total. The molecule has 1 aromatic rings. The number of carbonyl (C=O) groups is 2. The highest BCUT2D eigenvalue weighted by Crippen LogP contribution is 2.43. The lowest BCUT2D eigenvalue weighted by atomic mass is 9.65. The van der Waals surface area contributed by atoms with Crippen molar-refractivity contribution in [3.8, 4) is 0 Å². The van der Waals surface area contributed by atoms with Gasteiger partial charge in [-0.25, -0.2) is 0 Å². The summed E-state index contributed by atoms with van der Waals surface area (Å²) in [4.78, 5) is 23.7. The fourth-order valence-electron chi connectivity index (χ4n) is 2.74. The van der Waals surface area contributed by atoms with E-state index in [4.69, 9.17) is 0 Å². The zero-order valence-corrected chi connectivity index (χ0v) is 10.0. The first-order valence-electron chi connectivity index (χ1n) is 6.23. The van der Waals surface area contributed by atoms with Crippen molar-refractivity contribution in [1.29, 1.82) is 0 Å². The number of Topliss-reactive ketones (excluding diaryl/α,β-unsaturated/α-hetero) is 1. The molecule has 0 unspecified atom stereocenters. The van der Waals surface area contributed by atoms with Crippen molar-refractivity contribution in [2.75, 3.05) is 11.9 Å². The lowest BCUT2D eigenvalue weighted by molar-refractivity contribution is -0.115. The van der Waals surface area contributed by atoms with E-state index in [0.717, 1.165) is 30.5 Å². The minimum Gasteiger partial charge on any atom is -0.395 e. The van der Waals surface area contributed by atoms with Gasteiger partial charge in [0.1, 0.15) is 0 Å². The van der Waals surface area contributed by atoms with Crippen LogP contribution in [0.5, 0.6) is 0 Å². The standard InChI is InChI=1S/C14H15NO3/c16-8-14(4-1-5-14)13(18)9-2-3-11-10(6-9)7-12(17)15-11/h2-3,6,16H,1,4-5,7-8H2,(H,15,17). The van der Waals surface area contributed by atoms with Gasteiger partial charge in [-0.2, -0.15) is 0 Å². The van der Waals surface area contributed by atoms with Crippen LogP contribution in [0.25, 0.3) is 0 Å². The maximum Gasteiger partial charge on any atom is 0.228 e. The van der Waals surface area contributed by atoms with Crippen LogP contribution in [-0.4, -0.2) is 23.4 Å². The normalized spacial score (nSPS) is 19.9. The number of aliphatic hydroxyl groups excluding tert-OH is 1. The molecule has 2 aliphatic rings. The quantitative estimate of drug-likeness (QED) is 0.793. The molecule has 0 bridgehead atoms. The third kappa shape index (κ3) is 1.56. The Morgan fingerprint density at radius 2 is 2.17 bits per heavy atom. The summed E-state index contributed by atoms with van der Waals surface area (Å²) < 4.78 is 0. The molecule has 1 aliphatic heterocycles. The van der Waals surface area contributed by atoms with Crippen molar-refractivity contribution >= 4 is 17.4 Å². The van der Waals surface area contributed by atoms with Crippen LogP contribution in [0.1, 0.15) is 35.2 Å². The van der Waals surface area contributed by atoms with Gasteiger partial charge in [-0.1, -0.05) is 6.42 Å². The molecule has 0 atom stereocenters. The second-order valence-corrected chi connectivity index (χ2v) is 5.22. The number of anilines is 1. The fourth-order valence-corrected chi connectivity index (χ4v) is 2.74. The molecule has 18 heavy (non-hydrogen) atoms. The van der Waals surface area contributed by atoms with E-state index in [9.17, 15) is 14.7 Å². The van der Waals surface area contributed by atoms with Gasteiger partial charge in [0, 0.05) is 11.3 Å². The summed E-state index contributed by atoms with van der Waals surface area (Å²) in [5.74, 6) is -0.0199. The van der Waals surface area contributed by atoms with E-state index >= 15 is 0 Å². The molecule has 0 saturated heterocycles. The Hall–Kier alpha value is -1.68. The van der Waals surface area contributed by atoms with Gasteiger partial charge in [-0.3, -0.25) is 9.59 Å². The zero-order valence-electron chi connectivity index (χ0n) is 10.0. The molecule has 3 rings (SSSR count). The Balaban J connectivity index is 1.92. The third-order valence-electron chi connectivity index (χ3n) is 4.09. The van der Waals surface area contributed by atoms with Crippen LogP contribution < -0.4 is 5.32 Å². The molecule has 4 heteroatoms. The van der Waals surface area contributed by atoms with Crippen molar-refractivity contribution < 1.29 is 14.7 Å². The largest absolute Gasteiger partial charge is 0.395 e. The van der Waals surface area contributed by atoms with Gasteiger partial charge in [-0.15, -0.1) is 0 Å². The van der Waals surface area contributed by atoms with Crippen LogP contribution in [0.15, 0.2) is 18.2 Å². The van der Waals surface area contributed by atoms with Gasteiger partial charge < -0.3 is 10.4 Å². The molecule has 2 N–H and O–H groups in total. The number of benzene rings is 1. The summed E-state index contributed by atoms with van der Waals surface area (Å²) in [5, 5.41) is 12.2. The highest BCUT2D eigenvalue weighted by molar-refractivity contribution is 6.04. The first-order chi connectivity index (χ1) is 8.64. The number of amides is 1. The van der Waals surface area contributed by atoms with Crippen LogP contribution in [0.4, 0.5) is 5.69 Å². The van der Waals surface area contributed by atoms with Gasteiger partial charge in [0.15, 0.2) is 5.78 Å². The van der Waals surface area contributed by atoms with E-state index in [1.807, 2.05) is 0 Å². The molecule has 1 heterocycles. The first-order valence-corrected chi connectivity index (χ1v) is 6.23. The summed E-state index contributed by atoms with van der Waals surface area (Å²) in [5.41, 5.74) is 1.71. The number of ketones is 1. The monoisotopic (exact) mass is 245 g/mol. The van der Waals surface area contributed by atoms with Crippen LogP contribution in [0, 0.1) is 5.41 Å². The molecule has 1 aromatic carbocycles. The van der Waals surface area contributed by atoms with Crippen LogP contribution in [0.3, 0.4) is 0 Å². The minimum atomic E-state index is -0.565. The highest BCUT2D eigenvalue weighted by atomic mass is 16.3. The van der Waals surface area contributed by atoms with E-state index in [1.54, 1.807) is 18.2 Å². The van der Waals surface area contributed by atoms with Crippen molar-refractivity contribution in [3.05, 3.63) is 29.3 Å². The minimum absolute atomic E-state index is 0.0124. The Morgan fingerprint density at radius 3 is 2.78 bits per heavy atom. The summed E-state index contributed by atoms with van der Waals surface area (Å²) in [6.07, 6.45) is 2.85. The van der Waals surface area contributed by atoms with E-state index in [-0.39, 0.29) is 18.3 Å². The van der Waals surface area contributed by atoms with Gasteiger partial charge in [-0.05, 0) is 36.6 Å². The molecule has 1 fully saturated rings. The van der Waals surface area contributed by atoms with Crippen LogP contribution in [0.2, 0.25) is 0 Å². The first kappa shape index (κ1) is 11.4. The highest BCUT2D eigenvalue weighted by Gasteiger charge is 2.43. The maximum absolute atomic E-state index is 12.4. The molecule has 1 amide bonds. The number of hydrogen-bond acceptors (Lipinski definition) is 3. The lowest BCUT2D eigenvalue weighted by Crippen LogP contribution is -2.41. The molecule has 0 aromatic heterocycles. The van der Waals surface area contributed by atoms with Crippen molar-refractivity contribution in [2.45, 2.75) is 25.7 Å². The SMILES string of the molecule is O=C1Cc2cc(C(=O)C3(CO)CCC3)ccc2N1. The number of carbonyl (C=O) groups excluding carboxylic acids is 2. The Labute approximate surface area is 105 Å². The van der Waals surface area contributed by atoms with Crippen molar-refractivity contribution in [3.63, 3.8) is 0 Å². The molecular weight excluding hydrogens is 230 g/mol. The number of aliphatic hydroxyl groups is 1. The van der Waals surface area contributed by atoms with E-state index in [0.29, 0.717) is 12.0 Å². The number of fused-ring (bicyclic) bond motifs is 1. The average molecular weight is 245 g/mol. The van der Waals surface area contributed by atoms with Gasteiger partial charge in [0.05, 0.1) is 18.4 Å². The van der Waals surface area contributed by atoms with Crippen molar-refractivity contribution in [1.82, 2.24) is 0 Å². The van der Waals surface area contributed by atoms with E-state index < -0.39 is 5.41 Å². The number of hydrogen-bond donors (Lipinski definition) is 2. The second kappa shape index (κ2) is 3.92. The number of nitrogens with one attached hydrogen (secondary N) is 1. The smallest absolute Gasteiger partial charge is 0.228 e. The van der Waals surface area contributed by atoms with E-state index in [2.05, 4.69) is 5.32 Å². The van der Waals surface area contributed by atoms with Crippen LogP contribution in [-0.2, 0) is 11.2 Å². The Bertz CT molecular complexity index is 526. The molecule has 94 valence electrons. The second-order valence-electron chi connectivity index (χ2n) is 5.22. The summed E-state index contributed by atoms with van der Waals surface area (Å²) in [6, 6.07) is 5.30. The molecule has 0 spiro atoms. The number of rotatable bonds is 3. The summed E-state index contributed by atoms with van der Waals surface area (Å²) >= 11 is 0. The summed E-state index contributed by atoms with van der Waals surface area (Å²) in [7, 11) is 0. The van der Waals surface area contributed by atoms with Gasteiger partial charge in [0.25, 0.3) is 0 Å². The third-order valence-corrected chi connectivity index (χ3v) is 4.09. The fraction of sp³-hybridized carbons (Fsp3) is 0.429. The van der Waals surface area contributed by atoms with Gasteiger partial charge in [0.2, 0.25) is 5.91 Å². The molecule has 0 radical (unpaired) electrons. The lowest BCUT2D eigenvalue weighted by Gasteiger charge is -2.38. The zero-order chi connectivity index (χ0) is 12.8. The maximum atomic E-state index is 12.4. The predicted molar refractivity (Wildman–Crippen MR) is 66.5 cm³/mol. The topological polar surface area (TPSA) is 66.4 Å². The summed E-state index contributed by atoms with van der Waals surface area (Å²) in [6.45, 7) is -0.0832.